The van der Waals surface area contributed by atoms with Gasteiger partial charge in [-0.15, -0.1) is 0 Å². The lowest BCUT2D eigenvalue weighted by atomic mass is 9.88. The molecule has 2 aromatic carbocycles. The summed E-state index contributed by atoms with van der Waals surface area (Å²) in [7, 11) is 0. The third-order valence-corrected chi connectivity index (χ3v) is 4.50. The number of hydrogen-bond donors (Lipinski definition) is 1. The molecule has 0 heterocycles. The van der Waals surface area contributed by atoms with Gasteiger partial charge in [0.2, 0.25) is 0 Å². The molecule has 4 heteroatoms. The SMILES string of the molecule is Cc1cc(C)cc(C(=O)OCC(=O)N[C@H]2CCCc3ccccc32)c1. The maximum atomic E-state index is 12.2. The zero-order valence-electron chi connectivity index (χ0n) is 14.7. The summed E-state index contributed by atoms with van der Waals surface area (Å²) in [6.07, 6.45) is 3.00. The van der Waals surface area contributed by atoms with Crippen LogP contribution in [0, 0.1) is 13.8 Å². The lowest BCUT2D eigenvalue weighted by Gasteiger charge is -2.26. The van der Waals surface area contributed by atoms with E-state index < -0.39 is 5.97 Å². The van der Waals surface area contributed by atoms with Crippen LogP contribution in [-0.4, -0.2) is 18.5 Å². The molecule has 0 bridgehead atoms. The first-order chi connectivity index (χ1) is 12.0. The number of benzene rings is 2. The molecular formula is C21H23NO3. The van der Waals surface area contributed by atoms with Crippen molar-refractivity contribution in [3.63, 3.8) is 0 Å². The first-order valence-electron chi connectivity index (χ1n) is 8.65. The average Bonchev–Trinajstić information content (AvgIpc) is 2.59. The van der Waals surface area contributed by atoms with E-state index in [1.165, 1.54) is 11.1 Å². The summed E-state index contributed by atoms with van der Waals surface area (Å²) in [5.41, 5.74) is 4.92. The second kappa shape index (κ2) is 7.51. The molecule has 2 aromatic rings. The van der Waals surface area contributed by atoms with Crippen molar-refractivity contribution >= 4 is 11.9 Å². The third kappa shape index (κ3) is 4.27. The Kier molecular flexibility index (Phi) is 5.17. The molecule has 0 fully saturated rings. The lowest BCUT2D eigenvalue weighted by Crippen LogP contribution is -2.34. The summed E-state index contributed by atoms with van der Waals surface area (Å²) >= 11 is 0. The first kappa shape index (κ1) is 17.2. The molecule has 0 aliphatic heterocycles. The van der Waals surface area contributed by atoms with Crippen molar-refractivity contribution in [2.75, 3.05) is 6.61 Å². The summed E-state index contributed by atoms with van der Waals surface area (Å²) in [5, 5.41) is 2.99. The molecule has 3 rings (SSSR count). The molecule has 0 radical (unpaired) electrons. The molecule has 1 N–H and O–H groups in total. The highest BCUT2D eigenvalue weighted by atomic mass is 16.5. The number of hydrogen-bond acceptors (Lipinski definition) is 3. The number of carbonyl (C=O) groups is 2. The summed E-state index contributed by atoms with van der Waals surface area (Å²) < 4.78 is 5.18. The fourth-order valence-corrected chi connectivity index (χ4v) is 3.45. The van der Waals surface area contributed by atoms with Gasteiger partial charge in [0.25, 0.3) is 5.91 Å². The number of amides is 1. The highest BCUT2D eigenvalue weighted by Gasteiger charge is 2.22. The second-order valence-corrected chi connectivity index (χ2v) is 6.66. The summed E-state index contributed by atoms with van der Waals surface area (Å²) in [6.45, 7) is 3.60. The van der Waals surface area contributed by atoms with E-state index >= 15 is 0 Å². The first-order valence-corrected chi connectivity index (χ1v) is 8.65. The molecule has 25 heavy (non-hydrogen) atoms. The Morgan fingerprint density at radius 2 is 1.84 bits per heavy atom. The van der Waals surface area contributed by atoms with E-state index in [9.17, 15) is 9.59 Å². The summed E-state index contributed by atoms with van der Waals surface area (Å²) in [6, 6.07) is 13.7. The molecule has 0 saturated carbocycles. The van der Waals surface area contributed by atoms with Gasteiger partial charge in [-0.05, 0) is 56.4 Å². The zero-order valence-corrected chi connectivity index (χ0v) is 14.7. The second-order valence-electron chi connectivity index (χ2n) is 6.66. The van der Waals surface area contributed by atoms with Gasteiger partial charge in [0.1, 0.15) is 0 Å². The number of nitrogens with one attached hydrogen (secondary N) is 1. The minimum atomic E-state index is -0.467. The Morgan fingerprint density at radius 3 is 2.60 bits per heavy atom. The van der Waals surface area contributed by atoms with Crippen LogP contribution in [0.1, 0.15) is 51.5 Å². The van der Waals surface area contributed by atoms with Crippen LogP contribution in [0.2, 0.25) is 0 Å². The van der Waals surface area contributed by atoms with Gasteiger partial charge in [0.05, 0.1) is 11.6 Å². The minimum absolute atomic E-state index is 0.00244. The average molecular weight is 337 g/mol. The van der Waals surface area contributed by atoms with E-state index in [4.69, 9.17) is 4.74 Å². The standard InChI is InChI=1S/C21H23NO3/c1-14-10-15(2)12-17(11-14)21(24)25-13-20(23)22-19-9-5-7-16-6-3-4-8-18(16)19/h3-4,6,8,10-12,19H,5,7,9,13H2,1-2H3,(H,22,23)/t19-/m0/s1. The quantitative estimate of drug-likeness (QED) is 0.867. The van der Waals surface area contributed by atoms with Crippen LogP contribution in [-0.2, 0) is 16.0 Å². The maximum absolute atomic E-state index is 12.2. The molecule has 1 aliphatic rings. The Hall–Kier alpha value is -2.62. The highest BCUT2D eigenvalue weighted by Crippen LogP contribution is 2.29. The smallest absolute Gasteiger partial charge is 0.338 e. The van der Waals surface area contributed by atoms with Gasteiger partial charge in [0.15, 0.2) is 6.61 Å². The molecule has 4 nitrogen and oxygen atoms in total. The van der Waals surface area contributed by atoms with Crippen LogP contribution in [0.25, 0.3) is 0 Å². The fourth-order valence-electron chi connectivity index (χ4n) is 3.45. The van der Waals surface area contributed by atoms with Crippen molar-refractivity contribution in [2.45, 2.75) is 39.2 Å². The van der Waals surface area contributed by atoms with Gasteiger partial charge in [0, 0.05) is 0 Å². The monoisotopic (exact) mass is 337 g/mol. The molecule has 1 amide bonds. The molecule has 0 spiro atoms. The zero-order chi connectivity index (χ0) is 17.8. The van der Waals surface area contributed by atoms with Gasteiger partial charge >= 0.3 is 5.97 Å². The van der Waals surface area contributed by atoms with Gasteiger partial charge in [-0.3, -0.25) is 4.79 Å². The van der Waals surface area contributed by atoms with Crippen molar-refractivity contribution in [3.8, 4) is 0 Å². The van der Waals surface area contributed by atoms with E-state index in [1.807, 2.05) is 32.0 Å². The predicted molar refractivity (Wildman–Crippen MR) is 96.5 cm³/mol. The lowest BCUT2D eigenvalue weighted by molar-refractivity contribution is -0.125. The molecule has 0 unspecified atom stereocenters. The summed E-state index contributed by atoms with van der Waals surface area (Å²) in [4.78, 5) is 24.3. The van der Waals surface area contributed by atoms with Crippen LogP contribution in [0.3, 0.4) is 0 Å². The minimum Gasteiger partial charge on any atom is -0.452 e. The van der Waals surface area contributed by atoms with Crippen LogP contribution >= 0.6 is 0 Å². The number of fused-ring (bicyclic) bond motifs is 1. The molecular weight excluding hydrogens is 314 g/mol. The van der Waals surface area contributed by atoms with Crippen molar-refractivity contribution in [2.24, 2.45) is 0 Å². The number of carbonyl (C=O) groups excluding carboxylic acids is 2. The van der Waals surface area contributed by atoms with Gasteiger partial charge in [-0.2, -0.15) is 0 Å². The van der Waals surface area contributed by atoms with E-state index in [1.54, 1.807) is 12.1 Å². The fraction of sp³-hybridized carbons (Fsp3) is 0.333. The van der Waals surface area contributed by atoms with Crippen molar-refractivity contribution in [1.82, 2.24) is 5.32 Å². The number of esters is 1. The maximum Gasteiger partial charge on any atom is 0.338 e. The molecule has 130 valence electrons. The van der Waals surface area contributed by atoms with Crippen LogP contribution in [0.5, 0.6) is 0 Å². The Balaban J connectivity index is 1.58. The van der Waals surface area contributed by atoms with Gasteiger partial charge in [-0.1, -0.05) is 41.5 Å². The Morgan fingerprint density at radius 1 is 1.12 bits per heavy atom. The van der Waals surface area contributed by atoms with Crippen molar-refractivity contribution in [3.05, 3.63) is 70.3 Å². The molecule has 0 saturated heterocycles. The number of rotatable bonds is 4. The topological polar surface area (TPSA) is 55.4 Å². The van der Waals surface area contributed by atoms with Crippen molar-refractivity contribution in [1.29, 1.82) is 0 Å². The third-order valence-electron chi connectivity index (χ3n) is 4.50. The van der Waals surface area contributed by atoms with E-state index in [0.29, 0.717) is 5.56 Å². The van der Waals surface area contributed by atoms with Gasteiger partial charge < -0.3 is 10.1 Å². The van der Waals surface area contributed by atoms with Gasteiger partial charge in [-0.25, -0.2) is 4.79 Å². The summed E-state index contributed by atoms with van der Waals surface area (Å²) in [5.74, 6) is -0.731. The largest absolute Gasteiger partial charge is 0.452 e. The number of ether oxygens (including phenoxy) is 1. The predicted octanol–water partition coefficient (Wildman–Crippen LogP) is 3.65. The van der Waals surface area contributed by atoms with Crippen molar-refractivity contribution < 1.29 is 14.3 Å². The molecule has 1 aliphatic carbocycles. The van der Waals surface area contributed by atoms with E-state index in [-0.39, 0.29) is 18.6 Å². The molecule has 0 aromatic heterocycles. The normalized spacial score (nSPS) is 16.0. The Labute approximate surface area is 148 Å². The van der Waals surface area contributed by atoms with Crippen LogP contribution < -0.4 is 5.32 Å². The highest BCUT2D eigenvalue weighted by molar-refractivity contribution is 5.91. The van der Waals surface area contributed by atoms with Crippen LogP contribution in [0.4, 0.5) is 0 Å². The van der Waals surface area contributed by atoms with Crippen LogP contribution in [0.15, 0.2) is 42.5 Å². The van der Waals surface area contributed by atoms with E-state index in [2.05, 4.69) is 17.4 Å². The van der Waals surface area contributed by atoms with E-state index in [0.717, 1.165) is 30.4 Å². The Bertz CT molecular complexity index is 777. The number of aryl methyl sites for hydroxylation is 3. The molecule has 1 atom stereocenters.